The third-order valence-electron chi connectivity index (χ3n) is 1.45. The highest BCUT2D eigenvalue weighted by atomic mass is 16.9. The Bertz CT molecular complexity index is 93.7. The Morgan fingerprint density at radius 3 is 1.92 bits per heavy atom. The van der Waals surface area contributed by atoms with Crippen LogP contribution in [0.1, 0.15) is 0 Å². The van der Waals surface area contributed by atoms with Gasteiger partial charge in [0.15, 0.2) is 0 Å². The SMILES string of the molecule is COC(COCCO)(OC)OC. The van der Waals surface area contributed by atoms with E-state index >= 15 is 0 Å². The summed E-state index contributed by atoms with van der Waals surface area (Å²) < 4.78 is 19.8. The van der Waals surface area contributed by atoms with Crippen molar-refractivity contribution in [2.45, 2.75) is 5.97 Å². The van der Waals surface area contributed by atoms with E-state index in [0.717, 1.165) is 0 Å². The van der Waals surface area contributed by atoms with Crippen LogP contribution in [0.5, 0.6) is 0 Å². The van der Waals surface area contributed by atoms with E-state index in [1.165, 1.54) is 21.3 Å². The molecular formula is C7H16O5. The molecule has 5 heteroatoms. The van der Waals surface area contributed by atoms with Gasteiger partial charge in [0.05, 0.1) is 13.2 Å². The fourth-order valence-electron chi connectivity index (χ4n) is 0.688. The fraction of sp³-hybridized carbons (Fsp3) is 1.00. The van der Waals surface area contributed by atoms with Crippen molar-refractivity contribution in [1.29, 1.82) is 0 Å². The van der Waals surface area contributed by atoms with E-state index in [9.17, 15) is 0 Å². The van der Waals surface area contributed by atoms with Crippen molar-refractivity contribution < 1.29 is 24.1 Å². The summed E-state index contributed by atoms with van der Waals surface area (Å²) in [6.07, 6.45) is 0. The predicted molar refractivity (Wildman–Crippen MR) is 41.7 cm³/mol. The van der Waals surface area contributed by atoms with Gasteiger partial charge in [-0.1, -0.05) is 0 Å². The molecule has 0 aromatic carbocycles. The van der Waals surface area contributed by atoms with Crippen LogP contribution >= 0.6 is 0 Å². The maximum Gasteiger partial charge on any atom is 0.307 e. The largest absolute Gasteiger partial charge is 0.394 e. The highest BCUT2D eigenvalue weighted by Crippen LogP contribution is 2.11. The summed E-state index contributed by atoms with van der Waals surface area (Å²) in [6, 6.07) is 0. The smallest absolute Gasteiger partial charge is 0.307 e. The Labute approximate surface area is 72.2 Å². The Morgan fingerprint density at radius 2 is 1.58 bits per heavy atom. The fourth-order valence-corrected chi connectivity index (χ4v) is 0.688. The van der Waals surface area contributed by atoms with Crippen LogP contribution in [0.2, 0.25) is 0 Å². The number of rotatable bonds is 7. The predicted octanol–water partition coefficient (Wildman–Crippen LogP) is -0.412. The molecule has 5 nitrogen and oxygen atoms in total. The molecule has 0 spiro atoms. The van der Waals surface area contributed by atoms with Gasteiger partial charge in [-0.2, -0.15) is 0 Å². The molecule has 0 heterocycles. The number of hydrogen-bond donors (Lipinski definition) is 1. The van der Waals surface area contributed by atoms with Gasteiger partial charge in [0.1, 0.15) is 6.61 Å². The van der Waals surface area contributed by atoms with Gasteiger partial charge in [0, 0.05) is 21.3 Å². The van der Waals surface area contributed by atoms with Gasteiger partial charge in [0.25, 0.3) is 0 Å². The van der Waals surface area contributed by atoms with Gasteiger partial charge < -0.3 is 24.1 Å². The molecule has 0 aliphatic heterocycles. The molecule has 0 aliphatic rings. The molecule has 0 fully saturated rings. The third kappa shape index (κ3) is 3.46. The van der Waals surface area contributed by atoms with Crippen LogP contribution in [0.15, 0.2) is 0 Å². The van der Waals surface area contributed by atoms with Crippen molar-refractivity contribution in [2.75, 3.05) is 41.2 Å². The van der Waals surface area contributed by atoms with Gasteiger partial charge in [0.2, 0.25) is 0 Å². The van der Waals surface area contributed by atoms with Crippen LogP contribution < -0.4 is 0 Å². The molecule has 0 saturated heterocycles. The van der Waals surface area contributed by atoms with E-state index < -0.39 is 5.97 Å². The molecule has 12 heavy (non-hydrogen) atoms. The zero-order chi connectivity index (χ0) is 9.45. The quantitative estimate of drug-likeness (QED) is 0.426. The van der Waals surface area contributed by atoms with Gasteiger partial charge in [-0.25, -0.2) is 0 Å². The van der Waals surface area contributed by atoms with E-state index in [-0.39, 0.29) is 19.8 Å². The molecule has 0 aromatic heterocycles. The van der Waals surface area contributed by atoms with E-state index in [4.69, 9.17) is 24.1 Å². The first-order chi connectivity index (χ1) is 5.74. The average molecular weight is 180 g/mol. The van der Waals surface area contributed by atoms with Gasteiger partial charge in [-0.05, 0) is 0 Å². The first-order valence-electron chi connectivity index (χ1n) is 3.58. The van der Waals surface area contributed by atoms with Crippen LogP contribution in [0.3, 0.4) is 0 Å². The van der Waals surface area contributed by atoms with E-state index in [1.807, 2.05) is 0 Å². The van der Waals surface area contributed by atoms with Crippen LogP contribution in [0.25, 0.3) is 0 Å². The molecule has 0 saturated carbocycles. The Kier molecular flexibility index (Phi) is 6.23. The second kappa shape index (κ2) is 6.33. The molecule has 0 radical (unpaired) electrons. The van der Waals surface area contributed by atoms with Crippen LogP contribution in [0, 0.1) is 0 Å². The minimum Gasteiger partial charge on any atom is -0.394 e. The molecule has 0 aromatic rings. The van der Waals surface area contributed by atoms with E-state index in [1.54, 1.807) is 0 Å². The van der Waals surface area contributed by atoms with Crippen molar-refractivity contribution >= 4 is 0 Å². The number of hydrogen-bond acceptors (Lipinski definition) is 5. The minimum absolute atomic E-state index is 0.0345. The summed E-state index contributed by atoms with van der Waals surface area (Å²) >= 11 is 0. The molecule has 0 rings (SSSR count). The van der Waals surface area contributed by atoms with Crippen LogP contribution in [-0.4, -0.2) is 52.2 Å². The van der Waals surface area contributed by atoms with Gasteiger partial charge in [-0.3, -0.25) is 0 Å². The number of aliphatic hydroxyl groups is 1. The minimum atomic E-state index is -1.16. The summed E-state index contributed by atoms with van der Waals surface area (Å²) in [5, 5.41) is 8.43. The molecular weight excluding hydrogens is 164 g/mol. The van der Waals surface area contributed by atoms with Crippen molar-refractivity contribution in [2.24, 2.45) is 0 Å². The normalized spacial score (nSPS) is 12.0. The van der Waals surface area contributed by atoms with Crippen LogP contribution in [0.4, 0.5) is 0 Å². The van der Waals surface area contributed by atoms with Crippen molar-refractivity contribution in [1.82, 2.24) is 0 Å². The van der Waals surface area contributed by atoms with E-state index in [2.05, 4.69) is 0 Å². The maximum atomic E-state index is 8.43. The Morgan fingerprint density at radius 1 is 1.08 bits per heavy atom. The molecule has 0 unspecified atom stereocenters. The highest BCUT2D eigenvalue weighted by molar-refractivity contribution is 4.52. The summed E-state index contributed by atoms with van der Waals surface area (Å²) in [5.74, 6) is -1.16. The topological polar surface area (TPSA) is 57.2 Å². The standard InChI is InChI=1S/C7H16O5/c1-9-7(10-2,11-3)6-12-5-4-8/h8H,4-6H2,1-3H3. The second-order valence-corrected chi connectivity index (χ2v) is 2.07. The number of methoxy groups -OCH3 is 3. The van der Waals surface area contributed by atoms with Crippen molar-refractivity contribution in [3.8, 4) is 0 Å². The van der Waals surface area contributed by atoms with Crippen LogP contribution in [-0.2, 0) is 18.9 Å². The van der Waals surface area contributed by atoms with Gasteiger partial charge >= 0.3 is 5.97 Å². The lowest BCUT2D eigenvalue weighted by atomic mass is 10.6. The van der Waals surface area contributed by atoms with Crippen molar-refractivity contribution in [3.63, 3.8) is 0 Å². The van der Waals surface area contributed by atoms with Crippen molar-refractivity contribution in [3.05, 3.63) is 0 Å². The first kappa shape index (κ1) is 11.8. The summed E-state index contributed by atoms with van der Waals surface area (Å²) in [5.41, 5.74) is 0. The lowest BCUT2D eigenvalue weighted by Crippen LogP contribution is -2.41. The average Bonchev–Trinajstić information content (AvgIpc) is 2.14. The zero-order valence-corrected chi connectivity index (χ0v) is 7.70. The monoisotopic (exact) mass is 180 g/mol. The zero-order valence-electron chi connectivity index (χ0n) is 7.70. The van der Waals surface area contributed by atoms with Gasteiger partial charge in [-0.15, -0.1) is 0 Å². The summed E-state index contributed by atoms with van der Waals surface area (Å²) in [7, 11) is 4.36. The summed E-state index contributed by atoms with van der Waals surface area (Å²) in [6.45, 7) is 0.322. The number of ether oxygens (including phenoxy) is 4. The first-order valence-corrected chi connectivity index (χ1v) is 3.58. The van der Waals surface area contributed by atoms with E-state index in [0.29, 0.717) is 0 Å². The highest BCUT2D eigenvalue weighted by Gasteiger charge is 2.29. The molecule has 74 valence electrons. The Balaban J connectivity index is 3.76. The molecule has 0 atom stereocenters. The third-order valence-corrected chi connectivity index (χ3v) is 1.45. The number of aliphatic hydroxyl groups excluding tert-OH is 1. The summed E-state index contributed by atoms with van der Waals surface area (Å²) in [4.78, 5) is 0. The molecule has 0 aliphatic carbocycles. The lowest BCUT2D eigenvalue weighted by molar-refractivity contribution is -0.368. The molecule has 0 amide bonds. The Hall–Kier alpha value is -0.200. The maximum absolute atomic E-state index is 8.43. The molecule has 1 N–H and O–H groups in total. The molecule has 0 bridgehead atoms. The lowest BCUT2D eigenvalue weighted by Gasteiger charge is -2.27. The second-order valence-electron chi connectivity index (χ2n) is 2.07.